The van der Waals surface area contributed by atoms with Crippen molar-refractivity contribution in [3.05, 3.63) is 51.4 Å². The number of rotatable bonds is 3. The van der Waals surface area contributed by atoms with Crippen molar-refractivity contribution >= 4 is 22.9 Å². The number of halogens is 1. The Morgan fingerprint density at radius 3 is 3.21 bits per heavy atom. The van der Waals surface area contributed by atoms with Gasteiger partial charge in [-0.15, -0.1) is 11.3 Å². The average molecular weight is 294 g/mol. The van der Waals surface area contributed by atoms with Crippen molar-refractivity contribution in [1.82, 2.24) is 15.2 Å². The fourth-order valence-electron chi connectivity index (χ4n) is 2.50. The maximum absolute atomic E-state index is 6.10. The summed E-state index contributed by atoms with van der Waals surface area (Å²) in [6.07, 6.45) is 0. The van der Waals surface area contributed by atoms with Crippen molar-refractivity contribution in [3.63, 3.8) is 0 Å². The molecular formula is C14H16ClN3S. The molecule has 0 aliphatic carbocycles. The number of benzene rings is 1. The number of piperazine rings is 1. The van der Waals surface area contributed by atoms with Crippen molar-refractivity contribution in [2.24, 2.45) is 0 Å². The lowest BCUT2D eigenvalue weighted by Gasteiger charge is -2.36. The average Bonchev–Trinajstić information content (AvgIpc) is 2.92. The van der Waals surface area contributed by atoms with Gasteiger partial charge in [0.05, 0.1) is 11.2 Å². The molecule has 19 heavy (non-hydrogen) atoms. The summed E-state index contributed by atoms with van der Waals surface area (Å²) < 4.78 is 0. The lowest BCUT2D eigenvalue weighted by molar-refractivity contribution is 0.152. The highest BCUT2D eigenvalue weighted by atomic mass is 35.5. The summed E-state index contributed by atoms with van der Waals surface area (Å²) in [4.78, 5) is 6.86. The van der Waals surface area contributed by atoms with Gasteiger partial charge >= 0.3 is 0 Å². The first-order valence-corrected chi connectivity index (χ1v) is 7.72. The largest absolute Gasteiger partial charge is 0.314 e. The van der Waals surface area contributed by atoms with E-state index in [2.05, 4.69) is 32.7 Å². The van der Waals surface area contributed by atoms with Crippen molar-refractivity contribution in [2.45, 2.75) is 12.6 Å². The maximum Gasteiger partial charge on any atom is 0.0795 e. The Hall–Kier alpha value is -0.940. The van der Waals surface area contributed by atoms with Crippen molar-refractivity contribution < 1.29 is 0 Å². The molecule has 3 nitrogen and oxygen atoms in total. The second kappa shape index (κ2) is 6.01. The first-order chi connectivity index (χ1) is 9.33. The van der Waals surface area contributed by atoms with Gasteiger partial charge in [-0.2, -0.15) is 0 Å². The number of thiazole rings is 1. The monoisotopic (exact) mass is 293 g/mol. The van der Waals surface area contributed by atoms with Crippen LogP contribution in [0.5, 0.6) is 0 Å². The van der Waals surface area contributed by atoms with Crippen LogP contribution in [-0.2, 0) is 6.54 Å². The predicted octanol–water partition coefficient (Wildman–Crippen LogP) is 2.94. The Morgan fingerprint density at radius 2 is 2.42 bits per heavy atom. The van der Waals surface area contributed by atoms with Crippen LogP contribution in [0.25, 0.3) is 0 Å². The van der Waals surface area contributed by atoms with E-state index in [0.717, 1.165) is 36.9 Å². The first kappa shape index (κ1) is 13.1. The van der Waals surface area contributed by atoms with Crippen LogP contribution in [0, 0.1) is 0 Å². The molecule has 5 heteroatoms. The third-order valence-corrected chi connectivity index (χ3v) is 4.31. The van der Waals surface area contributed by atoms with Crippen LogP contribution >= 0.6 is 22.9 Å². The van der Waals surface area contributed by atoms with Crippen LogP contribution in [-0.4, -0.2) is 29.5 Å². The number of nitrogens with one attached hydrogen (secondary N) is 1. The smallest absolute Gasteiger partial charge is 0.0795 e. The van der Waals surface area contributed by atoms with Crippen LogP contribution in [0.15, 0.2) is 35.2 Å². The molecule has 1 unspecified atom stereocenters. The molecule has 0 spiro atoms. The van der Waals surface area contributed by atoms with E-state index >= 15 is 0 Å². The highest BCUT2D eigenvalue weighted by Gasteiger charge is 2.24. The molecule has 1 aliphatic heterocycles. The van der Waals surface area contributed by atoms with E-state index in [4.69, 9.17) is 11.6 Å². The summed E-state index contributed by atoms with van der Waals surface area (Å²) >= 11 is 7.76. The molecule has 100 valence electrons. The standard InChI is InChI=1S/C14H16ClN3S/c15-12-3-1-2-11(6-12)14-7-16-4-5-18(14)8-13-9-19-10-17-13/h1-3,6,9-10,14,16H,4-5,7-8H2. The van der Waals surface area contributed by atoms with Gasteiger partial charge in [0.2, 0.25) is 0 Å². The highest BCUT2D eigenvalue weighted by Crippen LogP contribution is 2.26. The Labute approximate surface area is 122 Å². The Bertz CT molecular complexity index is 529. The highest BCUT2D eigenvalue weighted by molar-refractivity contribution is 7.07. The molecular weight excluding hydrogens is 278 g/mol. The topological polar surface area (TPSA) is 28.2 Å². The fourth-order valence-corrected chi connectivity index (χ4v) is 3.25. The third-order valence-electron chi connectivity index (χ3n) is 3.44. The molecule has 1 fully saturated rings. The van der Waals surface area contributed by atoms with Crippen molar-refractivity contribution in [3.8, 4) is 0 Å². The summed E-state index contributed by atoms with van der Waals surface area (Å²) in [5.74, 6) is 0. The summed E-state index contributed by atoms with van der Waals surface area (Å²) in [6, 6.07) is 8.53. The number of hydrogen-bond acceptors (Lipinski definition) is 4. The second-order valence-corrected chi connectivity index (χ2v) is 5.88. The molecule has 0 radical (unpaired) electrons. The van der Waals surface area contributed by atoms with E-state index in [9.17, 15) is 0 Å². The van der Waals surface area contributed by atoms with Gasteiger partial charge in [0.15, 0.2) is 0 Å². The van der Waals surface area contributed by atoms with Crippen molar-refractivity contribution in [2.75, 3.05) is 19.6 Å². The minimum atomic E-state index is 0.370. The molecule has 2 heterocycles. The quantitative estimate of drug-likeness (QED) is 0.943. The maximum atomic E-state index is 6.10. The summed E-state index contributed by atoms with van der Waals surface area (Å²) in [5, 5.41) is 6.38. The minimum Gasteiger partial charge on any atom is -0.314 e. The molecule has 0 amide bonds. The SMILES string of the molecule is Clc1cccc(C2CNCCN2Cc2cscn2)c1. The normalized spacial score (nSPS) is 20.6. The number of aromatic nitrogens is 1. The molecule has 2 aromatic rings. The molecule has 1 aliphatic rings. The zero-order valence-corrected chi connectivity index (χ0v) is 12.1. The van der Waals surface area contributed by atoms with Crippen LogP contribution in [0.4, 0.5) is 0 Å². The lowest BCUT2D eigenvalue weighted by atomic mass is 10.0. The minimum absolute atomic E-state index is 0.370. The molecule has 1 N–H and O–H groups in total. The van der Waals surface area contributed by atoms with Crippen LogP contribution in [0.3, 0.4) is 0 Å². The zero-order valence-electron chi connectivity index (χ0n) is 10.6. The van der Waals surface area contributed by atoms with Crippen LogP contribution < -0.4 is 5.32 Å². The van der Waals surface area contributed by atoms with E-state index in [1.165, 1.54) is 5.56 Å². The van der Waals surface area contributed by atoms with Crippen LogP contribution in [0.2, 0.25) is 5.02 Å². The molecule has 1 saturated heterocycles. The Kier molecular flexibility index (Phi) is 4.13. The molecule has 3 rings (SSSR count). The molecule has 1 aromatic carbocycles. The van der Waals surface area contributed by atoms with Gasteiger partial charge in [-0.25, -0.2) is 4.98 Å². The fraction of sp³-hybridized carbons (Fsp3) is 0.357. The van der Waals surface area contributed by atoms with E-state index in [0.29, 0.717) is 6.04 Å². The lowest BCUT2D eigenvalue weighted by Crippen LogP contribution is -2.45. The van der Waals surface area contributed by atoms with Gasteiger partial charge in [-0.05, 0) is 17.7 Å². The van der Waals surface area contributed by atoms with E-state index in [1.54, 1.807) is 11.3 Å². The predicted molar refractivity (Wildman–Crippen MR) is 79.6 cm³/mol. The first-order valence-electron chi connectivity index (χ1n) is 6.40. The van der Waals surface area contributed by atoms with Gasteiger partial charge in [0, 0.05) is 42.6 Å². The number of nitrogens with zero attached hydrogens (tertiary/aromatic N) is 2. The van der Waals surface area contributed by atoms with Crippen molar-refractivity contribution in [1.29, 1.82) is 0 Å². The van der Waals surface area contributed by atoms with Gasteiger partial charge in [0.1, 0.15) is 0 Å². The second-order valence-electron chi connectivity index (χ2n) is 4.73. The van der Waals surface area contributed by atoms with Crippen LogP contribution in [0.1, 0.15) is 17.3 Å². The van der Waals surface area contributed by atoms with Gasteiger partial charge in [0.25, 0.3) is 0 Å². The summed E-state index contributed by atoms with van der Waals surface area (Å²) in [5.41, 5.74) is 4.32. The molecule has 1 atom stereocenters. The van der Waals surface area contributed by atoms with Gasteiger partial charge in [-0.3, -0.25) is 4.90 Å². The Morgan fingerprint density at radius 1 is 1.47 bits per heavy atom. The van der Waals surface area contributed by atoms with Gasteiger partial charge < -0.3 is 5.32 Å². The molecule has 1 aromatic heterocycles. The summed E-state index contributed by atoms with van der Waals surface area (Å²) in [7, 11) is 0. The Balaban J connectivity index is 1.80. The summed E-state index contributed by atoms with van der Waals surface area (Å²) in [6.45, 7) is 3.93. The third kappa shape index (κ3) is 3.15. The van der Waals surface area contributed by atoms with E-state index in [1.807, 2.05) is 17.6 Å². The molecule has 0 saturated carbocycles. The van der Waals surface area contributed by atoms with E-state index < -0.39 is 0 Å². The molecule has 0 bridgehead atoms. The number of hydrogen-bond donors (Lipinski definition) is 1. The van der Waals surface area contributed by atoms with Gasteiger partial charge in [-0.1, -0.05) is 23.7 Å². The zero-order chi connectivity index (χ0) is 13.1. The van der Waals surface area contributed by atoms with E-state index in [-0.39, 0.29) is 0 Å².